The Kier molecular flexibility index (Phi) is 5.95. The Bertz CT molecular complexity index is 692. The first-order chi connectivity index (χ1) is 11.4. The monoisotopic (exact) mass is 327 g/mol. The summed E-state index contributed by atoms with van der Waals surface area (Å²) in [5.74, 6) is -0.378. The minimum Gasteiger partial charge on any atom is -0.482 e. The summed E-state index contributed by atoms with van der Waals surface area (Å²) < 4.78 is 10.5. The largest absolute Gasteiger partial charge is 0.482 e. The fourth-order valence-electron chi connectivity index (χ4n) is 2.21. The number of benzene rings is 2. The van der Waals surface area contributed by atoms with E-state index >= 15 is 0 Å². The zero-order valence-corrected chi connectivity index (χ0v) is 14.0. The fraction of sp³-hybridized carbons (Fsp3) is 0.263. The number of anilines is 1. The standard InChI is InChI=1S/C19H21NO4/c1-13-9-14(2)11-17(10-13)23-12-18(21)24-15(3)19(22)20-16-7-5-4-6-8-16/h4-11,15H,12H2,1-3H3,(H,20,22)/t15-/m1/s1. The molecule has 24 heavy (non-hydrogen) atoms. The van der Waals surface area contributed by atoms with E-state index in [1.165, 1.54) is 6.92 Å². The Labute approximate surface area is 141 Å². The molecule has 1 N–H and O–H groups in total. The molecule has 0 bridgehead atoms. The lowest BCUT2D eigenvalue weighted by Gasteiger charge is -2.14. The van der Waals surface area contributed by atoms with Crippen LogP contribution in [-0.2, 0) is 14.3 Å². The molecule has 0 radical (unpaired) electrons. The molecule has 2 rings (SSSR count). The van der Waals surface area contributed by atoms with Crippen LogP contribution in [0.15, 0.2) is 48.5 Å². The number of amides is 1. The van der Waals surface area contributed by atoms with Gasteiger partial charge in [0.1, 0.15) is 5.75 Å². The zero-order chi connectivity index (χ0) is 17.5. The molecule has 0 fully saturated rings. The van der Waals surface area contributed by atoms with Crippen molar-refractivity contribution in [2.45, 2.75) is 26.9 Å². The third-order valence-electron chi connectivity index (χ3n) is 3.27. The second-order valence-electron chi connectivity index (χ2n) is 5.60. The van der Waals surface area contributed by atoms with Gasteiger partial charge in [-0.3, -0.25) is 4.79 Å². The van der Waals surface area contributed by atoms with E-state index in [0.717, 1.165) is 11.1 Å². The van der Waals surface area contributed by atoms with E-state index < -0.39 is 12.1 Å². The first-order valence-electron chi connectivity index (χ1n) is 7.70. The molecule has 0 saturated heterocycles. The highest BCUT2D eigenvalue weighted by Crippen LogP contribution is 2.16. The van der Waals surface area contributed by atoms with Gasteiger partial charge in [-0.1, -0.05) is 24.3 Å². The molecule has 0 aromatic heterocycles. The number of esters is 1. The number of ether oxygens (including phenoxy) is 2. The van der Waals surface area contributed by atoms with E-state index in [4.69, 9.17) is 9.47 Å². The minimum atomic E-state index is -0.902. The number of hydrogen-bond acceptors (Lipinski definition) is 4. The summed E-state index contributed by atoms with van der Waals surface area (Å²) in [6.07, 6.45) is -0.902. The van der Waals surface area contributed by atoms with Crippen LogP contribution in [0, 0.1) is 13.8 Å². The first kappa shape index (κ1) is 17.5. The molecule has 0 heterocycles. The number of rotatable bonds is 6. The summed E-state index contributed by atoms with van der Waals surface area (Å²) in [6.45, 7) is 5.18. The van der Waals surface area contributed by atoms with Gasteiger partial charge in [0.2, 0.25) is 0 Å². The van der Waals surface area contributed by atoms with Crippen molar-refractivity contribution in [1.82, 2.24) is 0 Å². The summed E-state index contributed by atoms with van der Waals surface area (Å²) >= 11 is 0. The molecule has 1 amide bonds. The van der Waals surface area contributed by atoms with Gasteiger partial charge < -0.3 is 14.8 Å². The van der Waals surface area contributed by atoms with Crippen LogP contribution < -0.4 is 10.1 Å². The predicted octanol–water partition coefficient (Wildman–Crippen LogP) is 3.25. The topological polar surface area (TPSA) is 64.6 Å². The van der Waals surface area contributed by atoms with Crippen LogP contribution in [0.2, 0.25) is 0 Å². The molecule has 5 heteroatoms. The van der Waals surface area contributed by atoms with Crippen LogP contribution in [0.1, 0.15) is 18.1 Å². The molecule has 0 aliphatic carbocycles. The average molecular weight is 327 g/mol. The van der Waals surface area contributed by atoms with Crippen molar-refractivity contribution >= 4 is 17.6 Å². The number of para-hydroxylation sites is 1. The van der Waals surface area contributed by atoms with E-state index in [9.17, 15) is 9.59 Å². The van der Waals surface area contributed by atoms with Crippen molar-refractivity contribution in [1.29, 1.82) is 0 Å². The molecule has 1 atom stereocenters. The SMILES string of the molecule is Cc1cc(C)cc(OCC(=O)O[C@H](C)C(=O)Nc2ccccc2)c1. The number of aryl methyl sites for hydroxylation is 2. The van der Waals surface area contributed by atoms with Crippen LogP contribution in [0.4, 0.5) is 5.69 Å². The Morgan fingerprint density at radius 1 is 1.04 bits per heavy atom. The molecule has 5 nitrogen and oxygen atoms in total. The van der Waals surface area contributed by atoms with Crippen LogP contribution in [-0.4, -0.2) is 24.6 Å². The highest BCUT2D eigenvalue weighted by Gasteiger charge is 2.18. The molecule has 2 aromatic carbocycles. The summed E-state index contributed by atoms with van der Waals surface area (Å²) in [5, 5.41) is 2.68. The second kappa shape index (κ2) is 8.15. The Morgan fingerprint density at radius 2 is 1.67 bits per heavy atom. The normalized spacial score (nSPS) is 11.5. The number of carbonyl (C=O) groups excluding carboxylic acids is 2. The van der Waals surface area contributed by atoms with E-state index in [0.29, 0.717) is 11.4 Å². The van der Waals surface area contributed by atoms with Gasteiger partial charge in [0.15, 0.2) is 12.7 Å². The third-order valence-corrected chi connectivity index (χ3v) is 3.27. The van der Waals surface area contributed by atoms with Gasteiger partial charge in [-0.15, -0.1) is 0 Å². The predicted molar refractivity (Wildman–Crippen MR) is 92.0 cm³/mol. The summed E-state index contributed by atoms with van der Waals surface area (Å²) in [7, 11) is 0. The molecule has 0 unspecified atom stereocenters. The molecular formula is C19H21NO4. The molecule has 126 valence electrons. The number of hydrogen-bond donors (Lipinski definition) is 1. The number of nitrogens with one attached hydrogen (secondary N) is 1. The number of carbonyl (C=O) groups is 2. The average Bonchev–Trinajstić information content (AvgIpc) is 2.53. The van der Waals surface area contributed by atoms with Crippen molar-refractivity contribution in [2.75, 3.05) is 11.9 Å². The maximum Gasteiger partial charge on any atom is 0.344 e. The quantitative estimate of drug-likeness (QED) is 0.827. The molecule has 2 aromatic rings. The van der Waals surface area contributed by atoms with Crippen LogP contribution in [0.5, 0.6) is 5.75 Å². The lowest BCUT2D eigenvalue weighted by Crippen LogP contribution is -2.31. The van der Waals surface area contributed by atoms with Crippen molar-refractivity contribution in [2.24, 2.45) is 0 Å². The highest BCUT2D eigenvalue weighted by atomic mass is 16.6. The van der Waals surface area contributed by atoms with Gasteiger partial charge in [-0.05, 0) is 56.2 Å². The second-order valence-corrected chi connectivity index (χ2v) is 5.60. The van der Waals surface area contributed by atoms with Gasteiger partial charge in [-0.2, -0.15) is 0 Å². The van der Waals surface area contributed by atoms with Gasteiger partial charge in [-0.25, -0.2) is 4.79 Å². The molecule has 0 aliphatic heterocycles. The summed E-state index contributed by atoms with van der Waals surface area (Å²) in [6, 6.07) is 14.7. The maximum atomic E-state index is 12.0. The maximum absolute atomic E-state index is 12.0. The zero-order valence-electron chi connectivity index (χ0n) is 14.0. The lowest BCUT2D eigenvalue weighted by atomic mass is 10.1. The van der Waals surface area contributed by atoms with Crippen molar-refractivity contribution < 1.29 is 19.1 Å². The molecular weight excluding hydrogens is 306 g/mol. The van der Waals surface area contributed by atoms with Crippen molar-refractivity contribution in [3.8, 4) is 5.75 Å². The van der Waals surface area contributed by atoms with Gasteiger partial charge in [0.05, 0.1) is 0 Å². The minimum absolute atomic E-state index is 0.244. The van der Waals surface area contributed by atoms with Crippen LogP contribution >= 0.6 is 0 Å². The Morgan fingerprint density at radius 3 is 2.29 bits per heavy atom. The summed E-state index contributed by atoms with van der Waals surface area (Å²) in [4.78, 5) is 23.8. The lowest BCUT2D eigenvalue weighted by molar-refractivity contribution is -0.155. The van der Waals surface area contributed by atoms with Crippen LogP contribution in [0.3, 0.4) is 0 Å². The highest BCUT2D eigenvalue weighted by molar-refractivity contribution is 5.95. The van der Waals surface area contributed by atoms with Crippen molar-refractivity contribution in [3.05, 3.63) is 59.7 Å². The van der Waals surface area contributed by atoms with Gasteiger partial charge in [0.25, 0.3) is 5.91 Å². The Balaban J connectivity index is 1.81. The van der Waals surface area contributed by atoms with E-state index in [-0.39, 0.29) is 12.5 Å². The molecule has 0 saturated carbocycles. The van der Waals surface area contributed by atoms with E-state index in [2.05, 4.69) is 5.32 Å². The summed E-state index contributed by atoms with van der Waals surface area (Å²) in [5.41, 5.74) is 2.75. The van der Waals surface area contributed by atoms with E-state index in [1.807, 2.05) is 50.2 Å². The van der Waals surface area contributed by atoms with Gasteiger partial charge in [0, 0.05) is 5.69 Å². The molecule has 0 aliphatic rings. The fourth-order valence-corrected chi connectivity index (χ4v) is 2.21. The van der Waals surface area contributed by atoms with Gasteiger partial charge >= 0.3 is 5.97 Å². The first-order valence-corrected chi connectivity index (χ1v) is 7.70. The van der Waals surface area contributed by atoms with Crippen LogP contribution in [0.25, 0.3) is 0 Å². The third kappa shape index (κ3) is 5.43. The smallest absolute Gasteiger partial charge is 0.344 e. The Hall–Kier alpha value is -2.82. The van der Waals surface area contributed by atoms with E-state index in [1.54, 1.807) is 12.1 Å². The van der Waals surface area contributed by atoms with Crippen molar-refractivity contribution in [3.63, 3.8) is 0 Å². The molecule has 0 spiro atoms.